The number of nitrogens with zero attached hydrogens (tertiary/aromatic N) is 3. The lowest BCUT2D eigenvalue weighted by atomic mass is 9.65. The second-order valence-electron chi connectivity index (χ2n) is 12.4. The Kier molecular flexibility index (Phi) is 10.6. The lowest BCUT2D eigenvalue weighted by Crippen LogP contribution is -2.52. The van der Waals surface area contributed by atoms with Crippen LogP contribution in [0.5, 0.6) is 11.5 Å². The molecule has 2 heterocycles. The van der Waals surface area contributed by atoms with Crippen LogP contribution in [-0.2, 0) is 11.3 Å². The normalized spacial score (nSPS) is 20.6. The third-order valence-corrected chi connectivity index (χ3v) is 9.14. The summed E-state index contributed by atoms with van der Waals surface area (Å²) >= 11 is 6.70. The molecule has 1 unspecified atom stereocenters. The lowest BCUT2D eigenvalue weighted by Gasteiger charge is -2.47. The zero-order chi connectivity index (χ0) is 32.7. The highest BCUT2D eigenvalue weighted by molar-refractivity contribution is 6.32. The van der Waals surface area contributed by atoms with Gasteiger partial charge in [-0.25, -0.2) is 0 Å². The van der Waals surface area contributed by atoms with E-state index in [1.54, 1.807) is 24.4 Å². The number of allylic oxidation sites excluding steroid dienone is 2. The Labute approximate surface area is 275 Å². The van der Waals surface area contributed by atoms with Gasteiger partial charge in [-0.2, -0.15) is 5.26 Å². The molecule has 2 aliphatic rings. The molecule has 2 atom stereocenters. The number of ether oxygens (including phenoxy) is 3. The van der Waals surface area contributed by atoms with Crippen LogP contribution in [0.25, 0.3) is 5.57 Å². The van der Waals surface area contributed by atoms with E-state index in [4.69, 9.17) is 25.8 Å². The first-order valence-corrected chi connectivity index (χ1v) is 15.9. The maximum atomic E-state index is 12.5. The first-order valence-electron chi connectivity index (χ1n) is 15.6. The third kappa shape index (κ3) is 7.51. The fraction of sp³-hybridized carbons (Fsp3) is 0.378. The topological polar surface area (TPSA) is 105 Å². The second-order valence-corrected chi connectivity index (χ2v) is 12.8. The molecule has 1 aromatic heterocycles. The van der Waals surface area contributed by atoms with Gasteiger partial charge in [0, 0.05) is 55.7 Å². The van der Waals surface area contributed by atoms with Crippen molar-refractivity contribution in [2.24, 2.45) is 5.41 Å². The van der Waals surface area contributed by atoms with Gasteiger partial charge in [-0.05, 0) is 49.1 Å². The molecule has 1 N–H and O–H groups in total. The summed E-state index contributed by atoms with van der Waals surface area (Å²) in [5.74, 6) is 0.478. The number of nitriles is 1. The van der Waals surface area contributed by atoms with Crippen LogP contribution in [0.3, 0.4) is 0 Å². The number of likely N-dealkylation sites (tertiary alicyclic amines) is 1. The number of aromatic nitrogens is 1. The molecule has 5 rings (SSSR count). The van der Waals surface area contributed by atoms with Crippen molar-refractivity contribution in [3.63, 3.8) is 0 Å². The molecule has 1 fully saturated rings. The van der Waals surface area contributed by atoms with E-state index in [0.717, 1.165) is 37.1 Å². The first-order chi connectivity index (χ1) is 22.1. The molecular formula is C37H40ClN3O5. The van der Waals surface area contributed by atoms with Gasteiger partial charge in [0.2, 0.25) is 0 Å². The summed E-state index contributed by atoms with van der Waals surface area (Å²) in [5.41, 5.74) is 2.30. The van der Waals surface area contributed by atoms with E-state index < -0.39 is 11.0 Å². The highest BCUT2D eigenvalue weighted by atomic mass is 35.5. The van der Waals surface area contributed by atoms with Gasteiger partial charge in [0.25, 0.3) is 0 Å². The number of carbonyl (C=O) groups is 1. The maximum absolute atomic E-state index is 12.5. The standard InChI is InChI=1S/C37H40ClN3O5/c1-26(42)31-18-33(38)35(19-34(31)44-24-28-17-27(20-39)21-40-22-28)45-25-37(46-16-8-14-41-15-12-30(43)23-41)13-7-11-32(36(37,2)3)29-9-5-4-6-10-29/h4-7,9-11,13,17-19,21-22,30,43H,8,12,14-16,23-25H2,1-3H3/t30?,37-/m0/s1. The summed E-state index contributed by atoms with van der Waals surface area (Å²) in [5, 5.41) is 19.4. The summed E-state index contributed by atoms with van der Waals surface area (Å²) in [7, 11) is 0. The average molecular weight is 642 g/mol. The smallest absolute Gasteiger partial charge is 0.163 e. The number of hydrogen-bond donors (Lipinski definition) is 1. The molecule has 9 heteroatoms. The van der Waals surface area contributed by atoms with Crippen LogP contribution in [0, 0.1) is 16.7 Å². The van der Waals surface area contributed by atoms with Crippen LogP contribution in [0.4, 0.5) is 0 Å². The number of halogens is 1. The van der Waals surface area contributed by atoms with Gasteiger partial charge in [0.05, 0.1) is 22.3 Å². The van der Waals surface area contributed by atoms with Crippen LogP contribution >= 0.6 is 11.6 Å². The van der Waals surface area contributed by atoms with Crippen molar-refractivity contribution < 1.29 is 24.1 Å². The van der Waals surface area contributed by atoms with E-state index >= 15 is 0 Å². The maximum Gasteiger partial charge on any atom is 0.163 e. The van der Waals surface area contributed by atoms with E-state index in [2.05, 4.69) is 54.1 Å². The molecule has 1 saturated heterocycles. The number of aliphatic hydroxyl groups is 1. The summed E-state index contributed by atoms with van der Waals surface area (Å²) in [6.45, 7) is 8.94. The van der Waals surface area contributed by atoms with Gasteiger partial charge >= 0.3 is 0 Å². The molecule has 3 aromatic rings. The number of ketones is 1. The van der Waals surface area contributed by atoms with E-state index in [0.29, 0.717) is 41.3 Å². The quantitative estimate of drug-likeness (QED) is 0.163. The molecule has 1 aliphatic heterocycles. The first kappa shape index (κ1) is 33.4. The van der Waals surface area contributed by atoms with Crippen molar-refractivity contribution in [3.05, 3.63) is 106 Å². The van der Waals surface area contributed by atoms with Crippen molar-refractivity contribution in [3.8, 4) is 17.6 Å². The minimum Gasteiger partial charge on any atom is -0.488 e. The third-order valence-electron chi connectivity index (χ3n) is 8.84. The lowest BCUT2D eigenvalue weighted by molar-refractivity contribution is -0.0926. The van der Waals surface area contributed by atoms with E-state index in [1.165, 1.54) is 13.1 Å². The van der Waals surface area contributed by atoms with Crippen molar-refractivity contribution in [1.29, 1.82) is 5.26 Å². The van der Waals surface area contributed by atoms with E-state index in [9.17, 15) is 15.2 Å². The Balaban J connectivity index is 1.39. The number of Topliss-reactive ketones (excluding diaryl/α,β-unsaturated/α-hetero) is 1. The van der Waals surface area contributed by atoms with Crippen molar-refractivity contribution in [1.82, 2.24) is 9.88 Å². The number of carbonyl (C=O) groups excluding carboxylic acids is 1. The zero-order valence-corrected chi connectivity index (χ0v) is 27.3. The highest BCUT2D eigenvalue weighted by Crippen LogP contribution is 2.49. The zero-order valence-electron chi connectivity index (χ0n) is 26.5. The number of aliphatic hydroxyl groups excluding tert-OH is 1. The number of pyridine rings is 1. The number of rotatable bonds is 13. The van der Waals surface area contributed by atoms with Crippen LogP contribution in [0.15, 0.2) is 79.2 Å². The number of β-amino-alcohol motifs (C(OH)–C–C–N with tert-alkyl or cyclic N) is 1. The number of hydrogen-bond acceptors (Lipinski definition) is 8. The Morgan fingerprint density at radius 1 is 1.15 bits per heavy atom. The van der Waals surface area contributed by atoms with Crippen molar-refractivity contribution in [2.75, 3.05) is 32.8 Å². The van der Waals surface area contributed by atoms with Gasteiger partial charge in [-0.15, -0.1) is 0 Å². The molecule has 46 heavy (non-hydrogen) atoms. The Bertz CT molecular complexity index is 1650. The fourth-order valence-corrected chi connectivity index (χ4v) is 6.31. The Morgan fingerprint density at radius 2 is 1.96 bits per heavy atom. The van der Waals surface area contributed by atoms with Gasteiger partial charge < -0.3 is 24.2 Å². The van der Waals surface area contributed by atoms with Gasteiger partial charge in [-0.1, -0.05) is 67.9 Å². The van der Waals surface area contributed by atoms with Gasteiger partial charge in [-0.3, -0.25) is 9.78 Å². The van der Waals surface area contributed by atoms with Crippen LogP contribution in [-0.4, -0.2) is 65.3 Å². The Morgan fingerprint density at radius 3 is 2.67 bits per heavy atom. The fourth-order valence-electron chi connectivity index (χ4n) is 6.09. The van der Waals surface area contributed by atoms with Crippen LogP contribution in [0.1, 0.15) is 60.7 Å². The minimum absolute atomic E-state index is 0.103. The SMILES string of the molecule is CC(=O)c1cc(Cl)c(OC[C@@]2(OCCCN3CCC(O)C3)C=CC=C(c3ccccc3)C2(C)C)cc1OCc1cncc(C#N)c1. The molecule has 0 radical (unpaired) electrons. The highest BCUT2D eigenvalue weighted by Gasteiger charge is 2.49. The Hall–Kier alpha value is -4.00. The van der Waals surface area contributed by atoms with Gasteiger partial charge in [0.15, 0.2) is 5.78 Å². The predicted octanol–water partition coefficient (Wildman–Crippen LogP) is 6.66. The predicted molar refractivity (Wildman–Crippen MR) is 178 cm³/mol. The summed E-state index contributed by atoms with van der Waals surface area (Å²) in [6.07, 6.45) is 10.6. The van der Waals surface area contributed by atoms with Crippen molar-refractivity contribution in [2.45, 2.75) is 51.9 Å². The molecule has 0 spiro atoms. The molecule has 8 nitrogen and oxygen atoms in total. The largest absolute Gasteiger partial charge is 0.488 e. The van der Waals surface area contributed by atoms with E-state index in [1.807, 2.05) is 24.3 Å². The minimum atomic E-state index is -0.857. The summed E-state index contributed by atoms with van der Waals surface area (Å²) in [6, 6.07) is 17.2. The molecule has 0 saturated carbocycles. The molecule has 0 amide bonds. The average Bonchev–Trinajstić information content (AvgIpc) is 3.47. The monoisotopic (exact) mass is 641 g/mol. The molecule has 0 bridgehead atoms. The second kappa shape index (κ2) is 14.6. The molecule has 2 aromatic carbocycles. The summed E-state index contributed by atoms with van der Waals surface area (Å²) < 4.78 is 19.3. The van der Waals surface area contributed by atoms with Crippen molar-refractivity contribution >= 4 is 23.0 Å². The molecular weight excluding hydrogens is 602 g/mol. The molecule has 1 aliphatic carbocycles. The summed E-state index contributed by atoms with van der Waals surface area (Å²) in [4.78, 5) is 18.9. The molecule has 240 valence electrons. The van der Waals surface area contributed by atoms with Crippen LogP contribution < -0.4 is 9.47 Å². The van der Waals surface area contributed by atoms with Gasteiger partial charge in [0.1, 0.15) is 36.4 Å². The number of benzene rings is 2. The van der Waals surface area contributed by atoms with E-state index in [-0.39, 0.29) is 30.1 Å². The van der Waals surface area contributed by atoms with Crippen LogP contribution in [0.2, 0.25) is 5.02 Å².